The first-order valence-electron chi connectivity index (χ1n) is 6.03. The van der Waals surface area contributed by atoms with Crippen LogP contribution < -0.4 is 0 Å². The van der Waals surface area contributed by atoms with Crippen LogP contribution in [-0.2, 0) is 4.79 Å². The van der Waals surface area contributed by atoms with Gasteiger partial charge >= 0.3 is 5.97 Å². The van der Waals surface area contributed by atoms with Gasteiger partial charge in [-0.05, 0) is 39.7 Å². The van der Waals surface area contributed by atoms with E-state index in [4.69, 9.17) is 0 Å². The van der Waals surface area contributed by atoms with Crippen molar-refractivity contribution < 1.29 is 15.0 Å². The number of carboxylic acids is 1. The van der Waals surface area contributed by atoms with Gasteiger partial charge in [-0.2, -0.15) is 0 Å². The molecule has 1 aliphatic rings. The zero-order chi connectivity index (χ0) is 12.4. The molecule has 0 spiro atoms. The van der Waals surface area contributed by atoms with Crippen molar-refractivity contribution in [3.8, 4) is 0 Å². The van der Waals surface area contributed by atoms with Gasteiger partial charge in [0.25, 0.3) is 0 Å². The normalized spacial score (nSPS) is 27.2. The van der Waals surface area contributed by atoms with Gasteiger partial charge in [0.05, 0.1) is 5.60 Å². The largest absolute Gasteiger partial charge is 0.480 e. The first kappa shape index (κ1) is 13.5. The molecule has 4 heteroatoms. The molecule has 16 heavy (non-hydrogen) atoms. The molecule has 4 nitrogen and oxygen atoms in total. The summed E-state index contributed by atoms with van der Waals surface area (Å²) in [7, 11) is 0. The monoisotopic (exact) mass is 229 g/mol. The van der Waals surface area contributed by atoms with Crippen LogP contribution in [0.15, 0.2) is 0 Å². The molecule has 1 fully saturated rings. The van der Waals surface area contributed by atoms with Crippen molar-refractivity contribution in [2.75, 3.05) is 13.1 Å². The molecule has 0 radical (unpaired) electrons. The van der Waals surface area contributed by atoms with Crippen LogP contribution in [0.4, 0.5) is 0 Å². The molecule has 2 N–H and O–H groups in total. The highest BCUT2D eigenvalue weighted by Gasteiger charge is 2.47. The van der Waals surface area contributed by atoms with Crippen molar-refractivity contribution in [3.05, 3.63) is 0 Å². The summed E-state index contributed by atoms with van der Waals surface area (Å²) >= 11 is 0. The molecule has 0 aromatic carbocycles. The third kappa shape index (κ3) is 2.74. The van der Waals surface area contributed by atoms with Gasteiger partial charge in [0.2, 0.25) is 0 Å². The van der Waals surface area contributed by atoms with Crippen molar-refractivity contribution in [2.24, 2.45) is 0 Å². The number of hydrogen-bond acceptors (Lipinski definition) is 3. The summed E-state index contributed by atoms with van der Waals surface area (Å²) in [5.41, 5.74) is -1.58. The van der Waals surface area contributed by atoms with Crippen molar-refractivity contribution in [2.45, 2.75) is 57.6 Å². The van der Waals surface area contributed by atoms with Crippen LogP contribution in [0.25, 0.3) is 0 Å². The Kier molecular flexibility index (Phi) is 3.97. The lowest BCUT2D eigenvalue weighted by Crippen LogP contribution is -2.54. The SMILES string of the molecule is CCCC1(C(=O)O)CCCN1CC(C)(C)O. The number of aliphatic carboxylic acids is 1. The summed E-state index contributed by atoms with van der Waals surface area (Å²) in [4.78, 5) is 13.4. The maximum absolute atomic E-state index is 11.5. The zero-order valence-electron chi connectivity index (χ0n) is 10.5. The van der Waals surface area contributed by atoms with Crippen molar-refractivity contribution >= 4 is 5.97 Å². The van der Waals surface area contributed by atoms with Gasteiger partial charge in [-0.15, -0.1) is 0 Å². The molecule has 94 valence electrons. The molecule has 1 saturated heterocycles. The molecule has 1 atom stereocenters. The van der Waals surface area contributed by atoms with E-state index >= 15 is 0 Å². The lowest BCUT2D eigenvalue weighted by molar-refractivity contribution is -0.151. The van der Waals surface area contributed by atoms with Crippen LogP contribution >= 0.6 is 0 Å². The Morgan fingerprint density at radius 1 is 1.50 bits per heavy atom. The van der Waals surface area contributed by atoms with E-state index in [1.54, 1.807) is 13.8 Å². The molecule has 0 aromatic rings. The van der Waals surface area contributed by atoms with Crippen LogP contribution in [0, 0.1) is 0 Å². The van der Waals surface area contributed by atoms with Crippen LogP contribution in [0.5, 0.6) is 0 Å². The Labute approximate surface area is 97.3 Å². The highest BCUT2D eigenvalue weighted by molar-refractivity contribution is 5.79. The molecule has 0 aliphatic carbocycles. The Morgan fingerprint density at radius 2 is 2.12 bits per heavy atom. The molecule has 0 amide bonds. The molecule has 0 aromatic heterocycles. The summed E-state index contributed by atoms with van der Waals surface area (Å²) in [6, 6.07) is 0. The highest BCUT2D eigenvalue weighted by atomic mass is 16.4. The van der Waals surface area contributed by atoms with E-state index < -0.39 is 17.1 Å². The van der Waals surface area contributed by atoms with E-state index in [9.17, 15) is 15.0 Å². The van der Waals surface area contributed by atoms with E-state index in [2.05, 4.69) is 0 Å². The summed E-state index contributed by atoms with van der Waals surface area (Å²) in [5.74, 6) is -0.740. The van der Waals surface area contributed by atoms with Crippen LogP contribution in [0.1, 0.15) is 46.5 Å². The Balaban J connectivity index is 2.85. The summed E-state index contributed by atoms with van der Waals surface area (Å²) in [6.07, 6.45) is 3.13. The molecular weight excluding hydrogens is 206 g/mol. The first-order chi connectivity index (χ1) is 7.32. The number of β-amino-alcohol motifs (C(OH)–C–C–N with tert-alkyl or cyclic N) is 1. The molecule has 1 heterocycles. The molecule has 1 rings (SSSR count). The molecule has 1 unspecified atom stereocenters. The highest BCUT2D eigenvalue weighted by Crippen LogP contribution is 2.34. The standard InChI is InChI=1S/C12H23NO3/c1-4-6-12(10(14)15)7-5-8-13(12)9-11(2,3)16/h16H,4-9H2,1-3H3,(H,14,15). The fourth-order valence-corrected chi connectivity index (χ4v) is 2.68. The van der Waals surface area contributed by atoms with Crippen LogP contribution in [0.3, 0.4) is 0 Å². The molecular formula is C12H23NO3. The Hall–Kier alpha value is -0.610. The third-order valence-corrected chi connectivity index (χ3v) is 3.26. The molecule has 0 saturated carbocycles. The lowest BCUT2D eigenvalue weighted by Gasteiger charge is -2.37. The van der Waals surface area contributed by atoms with E-state index in [1.165, 1.54) is 0 Å². The summed E-state index contributed by atoms with van der Waals surface area (Å²) in [5, 5.41) is 19.3. The average Bonchev–Trinajstić information content (AvgIpc) is 2.47. The predicted molar refractivity (Wildman–Crippen MR) is 62.4 cm³/mol. The maximum Gasteiger partial charge on any atom is 0.324 e. The second-order valence-corrected chi connectivity index (χ2v) is 5.42. The van der Waals surface area contributed by atoms with Crippen molar-refractivity contribution in [3.63, 3.8) is 0 Å². The van der Waals surface area contributed by atoms with E-state index in [0.717, 1.165) is 19.4 Å². The minimum absolute atomic E-state index is 0.430. The summed E-state index contributed by atoms with van der Waals surface area (Å²) in [6.45, 7) is 6.66. The quantitative estimate of drug-likeness (QED) is 0.749. The van der Waals surface area contributed by atoms with Gasteiger partial charge in [0.15, 0.2) is 0 Å². The van der Waals surface area contributed by atoms with E-state index in [0.29, 0.717) is 19.4 Å². The van der Waals surface area contributed by atoms with Crippen LogP contribution in [0.2, 0.25) is 0 Å². The number of nitrogens with zero attached hydrogens (tertiary/aromatic N) is 1. The number of rotatable bonds is 5. The van der Waals surface area contributed by atoms with Gasteiger partial charge < -0.3 is 10.2 Å². The van der Waals surface area contributed by atoms with Gasteiger partial charge in [0, 0.05) is 6.54 Å². The lowest BCUT2D eigenvalue weighted by atomic mass is 9.90. The van der Waals surface area contributed by atoms with Crippen LogP contribution in [-0.4, -0.2) is 45.3 Å². The zero-order valence-corrected chi connectivity index (χ0v) is 10.5. The fourth-order valence-electron chi connectivity index (χ4n) is 2.68. The average molecular weight is 229 g/mol. The Bertz CT molecular complexity index is 259. The first-order valence-corrected chi connectivity index (χ1v) is 6.03. The third-order valence-electron chi connectivity index (χ3n) is 3.26. The van der Waals surface area contributed by atoms with Gasteiger partial charge in [-0.3, -0.25) is 9.69 Å². The number of carbonyl (C=O) groups is 1. The van der Waals surface area contributed by atoms with Crippen molar-refractivity contribution in [1.82, 2.24) is 4.90 Å². The van der Waals surface area contributed by atoms with Gasteiger partial charge in [-0.1, -0.05) is 13.3 Å². The van der Waals surface area contributed by atoms with Gasteiger partial charge in [-0.25, -0.2) is 0 Å². The predicted octanol–water partition coefficient (Wildman–Crippen LogP) is 1.48. The molecule has 0 bridgehead atoms. The van der Waals surface area contributed by atoms with E-state index in [1.807, 2.05) is 11.8 Å². The fraction of sp³-hybridized carbons (Fsp3) is 0.917. The minimum atomic E-state index is -0.835. The topological polar surface area (TPSA) is 60.8 Å². The second kappa shape index (κ2) is 4.72. The van der Waals surface area contributed by atoms with Crippen molar-refractivity contribution in [1.29, 1.82) is 0 Å². The smallest absolute Gasteiger partial charge is 0.324 e. The maximum atomic E-state index is 11.5. The number of carboxylic acid groups (broad SMARTS) is 1. The van der Waals surface area contributed by atoms with Gasteiger partial charge in [0.1, 0.15) is 5.54 Å². The minimum Gasteiger partial charge on any atom is -0.480 e. The Morgan fingerprint density at radius 3 is 2.56 bits per heavy atom. The summed E-state index contributed by atoms with van der Waals surface area (Å²) < 4.78 is 0. The number of hydrogen-bond donors (Lipinski definition) is 2. The number of likely N-dealkylation sites (tertiary alicyclic amines) is 1. The number of aliphatic hydroxyl groups is 1. The second-order valence-electron chi connectivity index (χ2n) is 5.42. The molecule has 1 aliphatic heterocycles. The van der Waals surface area contributed by atoms with E-state index in [-0.39, 0.29) is 0 Å².